The third kappa shape index (κ3) is 5.61. The van der Waals surface area contributed by atoms with E-state index in [1.807, 2.05) is 84.9 Å². The zero-order valence-electron chi connectivity index (χ0n) is 15.0. The summed E-state index contributed by atoms with van der Waals surface area (Å²) < 4.78 is 11.4. The standard InChI is InChI=1S/C23H22O4/c24-23(25)22(19-9-3-1-4-10-19)17-18-8-7-13-21(16-18)27-15-14-26-20-11-5-2-6-12-20/h1-13,16,22H,14-15,17H2,(H,24,25). The van der Waals surface area contributed by atoms with Gasteiger partial charge in [0, 0.05) is 0 Å². The first kappa shape index (κ1) is 18.5. The van der Waals surface area contributed by atoms with Gasteiger partial charge in [0.15, 0.2) is 0 Å². The highest BCUT2D eigenvalue weighted by Gasteiger charge is 2.20. The first-order valence-electron chi connectivity index (χ1n) is 8.90. The van der Waals surface area contributed by atoms with E-state index in [1.54, 1.807) is 0 Å². The molecule has 0 aromatic heterocycles. The smallest absolute Gasteiger partial charge is 0.311 e. The second-order valence-corrected chi connectivity index (χ2v) is 6.16. The first-order chi connectivity index (χ1) is 13.2. The lowest BCUT2D eigenvalue weighted by molar-refractivity contribution is -0.138. The summed E-state index contributed by atoms with van der Waals surface area (Å²) in [5.74, 6) is 0.107. The van der Waals surface area contributed by atoms with Crippen molar-refractivity contribution in [1.29, 1.82) is 0 Å². The average Bonchev–Trinajstić information content (AvgIpc) is 2.71. The Morgan fingerprint density at radius 1 is 0.778 bits per heavy atom. The highest BCUT2D eigenvalue weighted by atomic mass is 16.5. The number of ether oxygens (including phenoxy) is 2. The third-order valence-electron chi connectivity index (χ3n) is 4.20. The van der Waals surface area contributed by atoms with E-state index in [0.29, 0.717) is 25.4 Å². The predicted octanol–water partition coefficient (Wildman–Crippen LogP) is 4.56. The van der Waals surface area contributed by atoms with E-state index < -0.39 is 11.9 Å². The van der Waals surface area contributed by atoms with Crippen molar-refractivity contribution < 1.29 is 19.4 Å². The monoisotopic (exact) mass is 362 g/mol. The van der Waals surface area contributed by atoms with Gasteiger partial charge in [-0.3, -0.25) is 4.79 Å². The number of para-hydroxylation sites is 1. The van der Waals surface area contributed by atoms with Gasteiger partial charge in [-0.25, -0.2) is 0 Å². The molecule has 0 heterocycles. The quantitative estimate of drug-likeness (QED) is 0.567. The predicted molar refractivity (Wildman–Crippen MR) is 104 cm³/mol. The van der Waals surface area contributed by atoms with Gasteiger partial charge >= 0.3 is 5.97 Å². The summed E-state index contributed by atoms with van der Waals surface area (Å²) in [5, 5.41) is 9.59. The molecule has 0 aliphatic heterocycles. The van der Waals surface area contributed by atoms with Crippen molar-refractivity contribution in [2.24, 2.45) is 0 Å². The molecule has 0 saturated heterocycles. The maximum atomic E-state index is 11.7. The van der Waals surface area contributed by atoms with E-state index in [2.05, 4.69) is 0 Å². The molecule has 3 rings (SSSR count). The number of carboxylic acids is 1. The Labute approximate surface area is 159 Å². The SMILES string of the molecule is O=C(O)C(Cc1cccc(OCCOc2ccccc2)c1)c1ccccc1. The fourth-order valence-corrected chi connectivity index (χ4v) is 2.87. The summed E-state index contributed by atoms with van der Waals surface area (Å²) in [6, 6.07) is 26.4. The maximum absolute atomic E-state index is 11.7. The van der Waals surface area contributed by atoms with Gasteiger partial charge in [-0.15, -0.1) is 0 Å². The van der Waals surface area contributed by atoms with Crippen molar-refractivity contribution in [2.75, 3.05) is 13.2 Å². The van der Waals surface area contributed by atoms with Gasteiger partial charge in [0.1, 0.15) is 24.7 Å². The Kier molecular flexibility index (Phi) is 6.47. The number of hydrogen-bond acceptors (Lipinski definition) is 3. The number of benzene rings is 3. The van der Waals surface area contributed by atoms with E-state index in [9.17, 15) is 9.90 Å². The third-order valence-corrected chi connectivity index (χ3v) is 4.20. The van der Waals surface area contributed by atoms with Gasteiger partial charge < -0.3 is 14.6 Å². The largest absolute Gasteiger partial charge is 0.490 e. The average molecular weight is 362 g/mol. The normalized spacial score (nSPS) is 11.6. The molecule has 0 saturated carbocycles. The molecule has 0 spiro atoms. The fraction of sp³-hybridized carbons (Fsp3) is 0.174. The minimum absolute atomic E-state index is 0.414. The van der Waals surface area contributed by atoms with Gasteiger partial charge in [-0.05, 0) is 41.8 Å². The summed E-state index contributed by atoms with van der Waals surface area (Å²) in [4.78, 5) is 11.7. The molecule has 0 aliphatic rings. The molecule has 3 aromatic carbocycles. The summed E-state index contributed by atoms with van der Waals surface area (Å²) in [5.41, 5.74) is 1.72. The molecular formula is C23H22O4. The van der Waals surface area contributed by atoms with Crippen LogP contribution in [0.2, 0.25) is 0 Å². The number of aliphatic carboxylic acids is 1. The molecule has 4 nitrogen and oxygen atoms in total. The van der Waals surface area contributed by atoms with Crippen LogP contribution in [0.25, 0.3) is 0 Å². The maximum Gasteiger partial charge on any atom is 0.311 e. The lowest BCUT2D eigenvalue weighted by Crippen LogP contribution is -2.14. The molecule has 0 amide bonds. The van der Waals surface area contributed by atoms with Crippen molar-refractivity contribution in [2.45, 2.75) is 12.3 Å². The second kappa shape index (κ2) is 9.43. The topological polar surface area (TPSA) is 55.8 Å². The van der Waals surface area contributed by atoms with Crippen molar-refractivity contribution in [3.8, 4) is 11.5 Å². The van der Waals surface area contributed by atoms with E-state index >= 15 is 0 Å². The van der Waals surface area contributed by atoms with Crippen molar-refractivity contribution in [1.82, 2.24) is 0 Å². The van der Waals surface area contributed by atoms with E-state index in [4.69, 9.17) is 9.47 Å². The molecule has 0 aliphatic carbocycles. The van der Waals surface area contributed by atoms with Crippen LogP contribution >= 0.6 is 0 Å². The molecule has 1 atom stereocenters. The summed E-state index contributed by atoms with van der Waals surface area (Å²) in [7, 11) is 0. The Balaban J connectivity index is 1.57. The molecule has 3 aromatic rings. The van der Waals surface area contributed by atoms with Crippen LogP contribution in [0.4, 0.5) is 0 Å². The zero-order chi connectivity index (χ0) is 18.9. The van der Waals surface area contributed by atoms with E-state index in [1.165, 1.54) is 0 Å². The molecule has 0 radical (unpaired) electrons. The fourth-order valence-electron chi connectivity index (χ4n) is 2.87. The molecular weight excluding hydrogens is 340 g/mol. The number of rotatable bonds is 9. The van der Waals surface area contributed by atoms with Crippen LogP contribution < -0.4 is 9.47 Å². The molecule has 27 heavy (non-hydrogen) atoms. The van der Waals surface area contributed by atoms with Gasteiger partial charge in [-0.1, -0.05) is 60.7 Å². The highest BCUT2D eigenvalue weighted by molar-refractivity contribution is 5.76. The zero-order valence-corrected chi connectivity index (χ0v) is 15.0. The molecule has 4 heteroatoms. The van der Waals surface area contributed by atoms with Crippen LogP contribution in [0.3, 0.4) is 0 Å². The van der Waals surface area contributed by atoms with Crippen LogP contribution in [0.1, 0.15) is 17.0 Å². The van der Waals surface area contributed by atoms with Crippen molar-refractivity contribution in [3.63, 3.8) is 0 Å². The minimum atomic E-state index is -0.830. The lowest BCUT2D eigenvalue weighted by atomic mass is 9.92. The Morgan fingerprint density at radius 3 is 2.04 bits per heavy atom. The Morgan fingerprint density at radius 2 is 1.37 bits per heavy atom. The van der Waals surface area contributed by atoms with Gasteiger partial charge in [-0.2, -0.15) is 0 Å². The Bertz CT molecular complexity index is 847. The van der Waals surface area contributed by atoms with Crippen LogP contribution in [-0.4, -0.2) is 24.3 Å². The lowest BCUT2D eigenvalue weighted by Gasteiger charge is -2.14. The van der Waals surface area contributed by atoms with Crippen LogP contribution in [0.5, 0.6) is 11.5 Å². The number of carboxylic acid groups (broad SMARTS) is 1. The molecule has 0 fully saturated rings. The van der Waals surface area contributed by atoms with Crippen LogP contribution in [0, 0.1) is 0 Å². The van der Waals surface area contributed by atoms with Gasteiger partial charge in [0.05, 0.1) is 5.92 Å². The van der Waals surface area contributed by atoms with E-state index in [-0.39, 0.29) is 0 Å². The highest BCUT2D eigenvalue weighted by Crippen LogP contribution is 2.23. The van der Waals surface area contributed by atoms with Gasteiger partial charge in [0.25, 0.3) is 0 Å². The van der Waals surface area contributed by atoms with Crippen molar-refractivity contribution in [3.05, 3.63) is 96.1 Å². The molecule has 1 unspecified atom stereocenters. The van der Waals surface area contributed by atoms with Crippen molar-refractivity contribution >= 4 is 5.97 Å². The second-order valence-electron chi connectivity index (χ2n) is 6.16. The molecule has 138 valence electrons. The Hall–Kier alpha value is -3.27. The van der Waals surface area contributed by atoms with E-state index in [0.717, 1.165) is 16.9 Å². The summed E-state index contributed by atoms with van der Waals surface area (Å²) >= 11 is 0. The van der Waals surface area contributed by atoms with Crippen LogP contribution in [-0.2, 0) is 11.2 Å². The number of hydrogen-bond donors (Lipinski definition) is 1. The van der Waals surface area contributed by atoms with Crippen LogP contribution in [0.15, 0.2) is 84.9 Å². The minimum Gasteiger partial charge on any atom is -0.490 e. The summed E-state index contributed by atoms with van der Waals surface area (Å²) in [6.45, 7) is 0.857. The molecule has 1 N–H and O–H groups in total. The summed E-state index contributed by atoms with van der Waals surface area (Å²) in [6.07, 6.45) is 0.414. The number of carbonyl (C=O) groups is 1. The molecule has 0 bridgehead atoms. The van der Waals surface area contributed by atoms with Gasteiger partial charge in [0.2, 0.25) is 0 Å². The first-order valence-corrected chi connectivity index (χ1v) is 8.90.